The first-order chi connectivity index (χ1) is 9.97. The average molecular weight is 285 g/mol. The molecule has 1 aromatic carbocycles. The highest BCUT2D eigenvalue weighted by molar-refractivity contribution is 6.05. The SMILES string of the molecule is Cc1ccc(CN(C)C)cc1NC(=O)c1ncccc1O. The van der Waals surface area contributed by atoms with E-state index in [0.29, 0.717) is 0 Å². The second-order valence-corrected chi connectivity index (χ2v) is 5.21. The van der Waals surface area contributed by atoms with Crippen molar-refractivity contribution in [2.24, 2.45) is 0 Å². The molecule has 1 heterocycles. The van der Waals surface area contributed by atoms with Gasteiger partial charge in [-0.15, -0.1) is 0 Å². The highest BCUT2D eigenvalue weighted by Gasteiger charge is 2.13. The Hall–Kier alpha value is -2.40. The van der Waals surface area contributed by atoms with Gasteiger partial charge in [-0.3, -0.25) is 4.79 Å². The van der Waals surface area contributed by atoms with Crippen LogP contribution in [0.25, 0.3) is 0 Å². The summed E-state index contributed by atoms with van der Waals surface area (Å²) < 4.78 is 0. The number of nitrogens with one attached hydrogen (secondary N) is 1. The van der Waals surface area contributed by atoms with Gasteiger partial charge >= 0.3 is 0 Å². The summed E-state index contributed by atoms with van der Waals surface area (Å²) >= 11 is 0. The van der Waals surface area contributed by atoms with Crippen LogP contribution in [0.1, 0.15) is 21.6 Å². The molecule has 0 saturated carbocycles. The number of carbonyl (C=O) groups is 1. The van der Waals surface area contributed by atoms with Crippen LogP contribution in [0, 0.1) is 6.92 Å². The van der Waals surface area contributed by atoms with Crippen molar-refractivity contribution in [1.82, 2.24) is 9.88 Å². The van der Waals surface area contributed by atoms with Crippen molar-refractivity contribution in [2.45, 2.75) is 13.5 Å². The standard InChI is InChI=1S/C16H19N3O2/c1-11-6-7-12(10-19(2)3)9-13(11)18-16(21)15-14(20)5-4-8-17-15/h4-9,20H,10H2,1-3H3,(H,18,21). The Kier molecular flexibility index (Phi) is 4.55. The van der Waals surface area contributed by atoms with Gasteiger partial charge in [0.2, 0.25) is 0 Å². The van der Waals surface area contributed by atoms with Crippen molar-refractivity contribution in [3.05, 3.63) is 53.3 Å². The monoisotopic (exact) mass is 285 g/mol. The molecule has 0 saturated heterocycles. The summed E-state index contributed by atoms with van der Waals surface area (Å²) in [6, 6.07) is 8.95. The molecule has 5 nitrogen and oxygen atoms in total. The Labute approximate surface area is 124 Å². The largest absolute Gasteiger partial charge is 0.505 e. The van der Waals surface area contributed by atoms with Crippen LogP contribution in [-0.4, -0.2) is 35.0 Å². The number of hydrogen-bond acceptors (Lipinski definition) is 4. The van der Waals surface area contributed by atoms with Gasteiger partial charge in [-0.1, -0.05) is 12.1 Å². The smallest absolute Gasteiger partial charge is 0.278 e. The minimum Gasteiger partial charge on any atom is -0.505 e. The van der Waals surface area contributed by atoms with Gasteiger partial charge in [-0.05, 0) is 50.3 Å². The van der Waals surface area contributed by atoms with Crippen LogP contribution in [0.4, 0.5) is 5.69 Å². The topological polar surface area (TPSA) is 65.5 Å². The number of aromatic nitrogens is 1. The molecule has 0 spiro atoms. The highest BCUT2D eigenvalue weighted by Crippen LogP contribution is 2.20. The molecule has 2 N–H and O–H groups in total. The summed E-state index contributed by atoms with van der Waals surface area (Å²) in [5.74, 6) is -0.546. The number of nitrogens with zero attached hydrogens (tertiary/aromatic N) is 2. The normalized spacial score (nSPS) is 10.7. The van der Waals surface area contributed by atoms with E-state index >= 15 is 0 Å². The van der Waals surface area contributed by atoms with E-state index in [9.17, 15) is 9.90 Å². The number of amides is 1. The Morgan fingerprint density at radius 1 is 1.33 bits per heavy atom. The molecule has 21 heavy (non-hydrogen) atoms. The summed E-state index contributed by atoms with van der Waals surface area (Å²) in [6.45, 7) is 2.71. The number of rotatable bonds is 4. The highest BCUT2D eigenvalue weighted by atomic mass is 16.3. The fourth-order valence-electron chi connectivity index (χ4n) is 2.02. The summed E-state index contributed by atoms with van der Waals surface area (Å²) in [5, 5.41) is 12.5. The number of aromatic hydroxyl groups is 1. The lowest BCUT2D eigenvalue weighted by molar-refractivity contribution is 0.101. The molecule has 0 aliphatic carbocycles. The maximum Gasteiger partial charge on any atom is 0.278 e. The van der Waals surface area contributed by atoms with E-state index in [0.717, 1.165) is 23.4 Å². The van der Waals surface area contributed by atoms with Crippen LogP contribution in [0.5, 0.6) is 5.75 Å². The van der Waals surface area contributed by atoms with Gasteiger partial charge in [0.15, 0.2) is 5.69 Å². The fourth-order valence-corrected chi connectivity index (χ4v) is 2.02. The predicted molar refractivity (Wildman–Crippen MR) is 82.4 cm³/mol. The zero-order valence-corrected chi connectivity index (χ0v) is 12.4. The molecular weight excluding hydrogens is 266 g/mol. The molecule has 2 aromatic rings. The molecule has 1 amide bonds. The van der Waals surface area contributed by atoms with Gasteiger partial charge in [0.1, 0.15) is 5.75 Å². The van der Waals surface area contributed by atoms with Crippen LogP contribution in [0.3, 0.4) is 0 Å². The van der Waals surface area contributed by atoms with Crippen molar-refractivity contribution in [3.8, 4) is 5.75 Å². The lowest BCUT2D eigenvalue weighted by Gasteiger charge is -2.13. The van der Waals surface area contributed by atoms with Gasteiger partial charge in [0.05, 0.1) is 0 Å². The summed E-state index contributed by atoms with van der Waals surface area (Å²) in [5.41, 5.74) is 2.81. The Morgan fingerprint density at radius 3 is 2.76 bits per heavy atom. The van der Waals surface area contributed by atoms with Crippen LogP contribution in [0.2, 0.25) is 0 Å². The lowest BCUT2D eigenvalue weighted by atomic mass is 10.1. The first kappa shape index (κ1) is 15.0. The van der Waals surface area contributed by atoms with E-state index in [-0.39, 0.29) is 11.4 Å². The minimum absolute atomic E-state index is 0.0231. The van der Waals surface area contributed by atoms with E-state index in [1.165, 1.54) is 12.3 Å². The minimum atomic E-state index is -0.418. The molecule has 5 heteroatoms. The van der Waals surface area contributed by atoms with Crippen molar-refractivity contribution in [1.29, 1.82) is 0 Å². The zero-order valence-electron chi connectivity index (χ0n) is 12.4. The average Bonchev–Trinajstić information content (AvgIpc) is 2.42. The molecule has 0 bridgehead atoms. The van der Waals surface area contributed by atoms with Crippen LogP contribution in [0.15, 0.2) is 36.5 Å². The third-order valence-corrected chi connectivity index (χ3v) is 3.05. The van der Waals surface area contributed by atoms with E-state index in [4.69, 9.17) is 0 Å². The fraction of sp³-hybridized carbons (Fsp3) is 0.250. The Bertz CT molecular complexity index is 654. The third-order valence-electron chi connectivity index (χ3n) is 3.05. The Balaban J connectivity index is 2.23. The molecule has 0 aliphatic rings. The summed E-state index contributed by atoms with van der Waals surface area (Å²) in [7, 11) is 3.98. The van der Waals surface area contributed by atoms with Crippen molar-refractivity contribution in [3.63, 3.8) is 0 Å². The Morgan fingerprint density at radius 2 is 2.10 bits per heavy atom. The number of aryl methyl sites for hydroxylation is 1. The van der Waals surface area contributed by atoms with Gasteiger partial charge in [0, 0.05) is 18.4 Å². The second kappa shape index (κ2) is 6.37. The molecule has 0 unspecified atom stereocenters. The molecule has 110 valence electrons. The summed E-state index contributed by atoms with van der Waals surface area (Å²) in [6.07, 6.45) is 1.48. The number of pyridine rings is 1. The number of anilines is 1. The predicted octanol–water partition coefficient (Wildman–Crippen LogP) is 2.41. The van der Waals surface area contributed by atoms with Gasteiger partial charge < -0.3 is 15.3 Å². The van der Waals surface area contributed by atoms with Crippen molar-refractivity contribution >= 4 is 11.6 Å². The van der Waals surface area contributed by atoms with Crippen molar-refractivity contribution in [2.75, 3.05) is 19.4 Å². The maximum atomic E-state index is 12.2. The van der Waals surface area contributed by atoms with Crippen LogP contribution < -0.4 is 5.32 Å². The van der Waals surface area contributed by atoms with Crippen LogP contribution in [-0.2, 0) is 6.54 Å². The first-order valence-corrected chi connectivity index (χ1v) is 6.67. The van der Waals surface area contributed by atoms with Crippen molar-refractivity contribution < 1.29 is 9.90 Å². The molecule has 0 aliphatic heterocycles. The molecule has 2 rings (SSSR count). The van der Waals surface area contributed by atoms with Gasteiger partial charge in [-0.25, -0.2) is 4.98 Å². The third kappa shape index (κ3) is 3.79. The lowest BCUT2D eigenvalue weighted by Crippen LogP contribution is -2.15. The molecule has 0 radical (unpaired) electrons. The molecule has 0 fully saturated rings. The second-order valence-electron chi connectivity index (χ2n) is 5.21. The number of hydrogen-bond donors (Lipinski definition) is 2. The van der Waals surface area contributed by atoms with E-state index in [2.05, 4.69) is 15.2 Å². The number of benzene rings is 1. The van der Waals surface area contributed by atoms with Gasteiger partial charge in [-0.2, -0.15) is 0 Å². The zero-order chi connectivity index (χ0) is 15.4. The summed E-state index contributed by atoms with van der Waals surface area (Å²) in [4.78, 5) is 18.1. The first-order valence-electron chi connectivity index (χ1n) is 6.67. The number of carbonyl (C=O) groups excluding carboxylic acids is 1. The quantitative estimate of drug-likeness (QED) is 0.905. The van der Waals surface area contributed by atoms with Gasteiger partial charge in [0.25, 0.3) is 5.91 Å². The van der Waals surface area contributed by atoms with E-state index < -0.39 is 5.91 Å². The molecule has 1 aromatic heterocycles. The van der Waals surface area contributed by atoms with E-state index in [1.807, 2.05) is 39.2 Å². The van der Waals surface area contributed by atoms with E-state index in [1.54, 1.807) is 6.07 Å². The van der Waals surface area contributed by atoms with Crippen LogP contribution >= 0.6 is 0 Å². The molecule has 0 atom stereocenters. The maximum absolute atomic E-state index is 12.2. The molecular formula is C16H19N3O2.